The van der Waals surface area contributed by atoms with E-state index in [-0.39, 0.29) is 5.78 Å². The standard InChI is InChI=1S/C13H15NO/c1-8(2)13-7-11-10(9(3)15)5-4-6-12(11)14-13/h4-8,14H,1-3H3. The Labute approximate surface area is 89.3 Å². The zero-order valence-electron chi connectivity index (χ0n) is 9.29. The lowest BCUT2D eigenvalue weighted by Gasteiger charge is -1.97. The fraction of sp³-hybridized carbons (Fsp3) is 0.308. The predicted octanol–water partition coefficient (Wildman–Crippen LogP) is 3.49. The van der Waals surface area contributed by atoms with Gasteiger partial charge in [-0.05, 0) is 25.0 Å². The van der Waals surface area contributed by atoms with Crippen molar-refractivity contribution >= 4 is 16.7 Å². The highest BCUT2D eigenvalue weighted by molar-refractivity contribution is 6.06. The first-order valence-electron chi connectivity index (χ1n) is 5.22. The van der Waals surface area contributed by atoms with Crippen LogP contribution < -0.4 is 0 Å². The van der Waals surface area contributed by atoms with Crippen LogP contribution in [0.5, 0.6) is 0 Å². The third kappa shape index (κ3) is 1.67. The Morgan fingerprint density at radius 3 is 2.67 bits per heavy atom. The molecule has 0 atom stereocenters. The number of carbonyl (C=O) groups is 1. The lowest BCUT2D eigenvalue weighted by molar-refractivity contribution is 0.101. The van der Waals surface area contributed by atoms with Gasteiger partial charge in [-0.15, -0.1) is 0 Å². The van der Waals surface area contributed by atoms with Gasteiger partial charge in [-0.25, -0.2) is 0 Å². The zero-order valence-corrected chi connectivity index (χ0v) is 9.29. The second-order valence-electron chi connectivity index (χ2n) is 4.20. The van der Waals surface area contributed by atoms with Gasteiger partial charge in [0.05, 0.1) is 0 Å². The first-order chi connectivity index (χ1) is 7.09. The van der Waals surface area contributed by atoms with Crippen LogP contribution in [0.2, 0.25) is 0 Å². The number of benzene rings is 1. The summed E-state index contributed by atoms with van der Waals surface area (Å²) in [6.45, 7) is 5.88. The molecule has 0 spiro atoms. The molecular weight excluding hydrogens is 186 g/mol. The Kier molecular flexibility index (Phi) is 2.35. The van der Waals surface area contributed by atoms with Gasteiger partial charge >= 0.3 is 0 Å². The first kappa shape index (κ1) is 9.97. The second kappa shape index (κ2) is 3.54. The topological polar surface area (TPSA) is 32.9 Å². The molecule has 2 rings (SSSR count). The minimum Gasteiger partial charge on any atom is -0.358 e. The van der Waals surface area contributed by atoms with E-state index in [1.54, 1.807) is 6.92 Å². The number of carbonyl (C=O) groups excluding carboxylic acids is 1. The first-order valence-corrected chi connectivity index (χ1v) is 5.22. The molecule has 0 aliphatic heterocycles. The molecule has 2 aromatic rings. The Morgan fingerprint density at radius 1 is 1.33 bits per heavy atom. The highest BCUT2D eigenvalue weighted by atomic mass is 16.1. The van der Waals surface area contributed by atoms with Crippen molar-refractivity contribution in [2.45, 2.75) is 26.7 Å². The molecule has 15 heavy (non-hydrogen) atoms. The van der Waals surface area contributed by atoms with Crippen molar-refractivity contribution in [2.24, 2.45) is 0 Å². The van der Waals surface area contributed by atoms with E-state index in [9.17, 15) is 4.79 Å². The third-order valence-electron chi connectivity index (χ3n) is 2.69. The molecule has 0 saturated carbocycles. The number of Topliss-reactive ketones (excluding diaryl/α,β-unsaturated/α-hetero) is 1. The van der Waals surface area contributed by atoms with Crippen molar-refractivity contribution in [3.05, 3.63) is 35.5 Å². The summed E-state index contributed by atoms with van der Waals surface area (Å²) in [5.74, 6) is 0.576. The number of aromatic nitrogens is 1. The quantitative estimate of drug-likeness (QED) is 0.741. The summed E-state index contributed by atoms with van der Waals surface area (Å²) in [5.41, 5.74) is 3.03. The average Bonchev–Trinajstić information content (AvgIpc) is 2.60. The smallest absolute Gasteiger partial charge is 0.160 e. The van der Waals surface area contributed by atoms with Gasteiger partial charge in [-0.2, -0.15) is 0 Å². The van der Waals surface area contributed by atoms with Crippen molar-refractivity contribution in [1.29, 1.82) is 0 Å². The van der Waals surface area contributed by atoms with Crippen LogP contribution in [0.4, 0.5) is 0 Å². The van der Waals surface area contributed by atoms with E-state index in [4.69, 9.17) is 0 Å². The van der Waals surface area contributed by atoms with E-state index < -0.39 is 0 Å². The van der Waals surface area contributed by atoms with Gasteiger partial charge in [0, 0.05) is 22.2 Å². The van der Waals surface area contributed by atoms with Gasteiger partial charge in [-0.3, -0.25) is 4.79 Å². The molecule has 0 bridgehead atoms. The summed E-state index contributed by atoms with van der Waals surface area (Å²) in [6, 6.07) is 7.88. The molecule has 1 heterocycles. The van der Waals surface area contributed by atoms with Crippen LogP contribution in [0.3, 0.4) is 0 Å². The minimum atomic E-state index is 0.120. The monoisotopic (exact) mass is 201 g/mol. The predicted molar refractivity (Wildman–Crippen MR) is 62.4 cm³/mol. The fourth-order valence-corrected chi connectivity index (χ4v) is 1.79. The van der Waals surface area contributed by atoms with Gasteiger partial charge in [0.25, 0.3) is 0 Å². The minimum absolute atomic E-state index is 0.120. The average molecular weight is 201 g/mol. The van der Waals surface area contributed by atoms with Crippen LogP contribution in [-0.4, -0.2) is 10.8 Å². The van der Waals surface area contributed by atoms with Crippen LogP contribution in [0.25, 0.3) is 10.9 Å². The van der Waals surface area contributed by atoms with Gasteiger partial charge in [0.1, 0.15) is 0 Å². The summed E-state index contributed by atoms with van der Waals surface area (Å²) in [4.78, 5) is 14.8. The lowest BCUT2D eigenvalue weighted by atomic mass is 10.1. The molecule has 0 fully saturated rings. The summed E-state index contributed by atoms with van der Waals surface area (Å²) < 4.78 is 0. The third-order valence-corrected chi connectivity index (χ3v) is 2.69. The summed E-state index contributed by atoms with van der Waals surface area (Å²) in [7, 11) is 0. The van der Waals surface area contributed by atoms with E-state index in [1.165, 1.54) is 5.69 Å². The van der Waals surface area contributed by atoms with E-state index in [0.717, 1.165) is 16.5 Å². The van der Waals surface area contributed by atoms with Crippen LogP contribution in [0, 0.1) is 0 Å². The summed E-state index contributed by atoms with van der Waals surface area (Å²) in [6.07, 6.45) is 0. The molecule has 0 saturated heterocycles. The molecule has 2 heteroatoms. The lowest BCUT2D eigenvalue weighted by Crippen LogP contribution is -1.91. The van der Waals surface area contributed by atoms with Crippen molar-refractivity contribution < 1.29 is 4.79 Å². The molecule has 78 valence electrons. The molecule has 0 unspecified atom stereocenters. The number of ketones is 1. The maximum Gasteiger partial charge on any atom is 0.160 e. The Balaban J connectivity index is 2.70. The number of rotatable bonds is 2. The largest absolute Gasteiger partial charge is 0.358 e. The number of hydrogen-bond acceptors (Lipinski definition) is 1. The number of nitrogens with one attached hydrogen (secondary N) is 1. The van der Waals surface area contributed by atoms with Gasteiger partial charge in [0.2, 0.25) is 0 Å². The van der Waals surface area contributed by atoms with Crippen LogP contribution >= 0.6 is 0 Å². The van der Waals surface area contributed by atoms with E-state index in [1.807, 2.05) is 18.2 Å². The maximum absolute atomic E-state index is 11.4. The molecule has 0 aliphatic rings. The molecule has 1 aromatic carbocycles. The number of H-pyrrole nitrogens is 1. The van der Waals surface area contributed by atoms with Crippen molar-refractivity contribution in [1.82, 2.24) is 4.98 Å². The van der Waals surface area contributed by atoms with Gasteiger partial charge in [0.15, 0.2) is 5.78 Å². The van der Waals surface area contributed by atoms with Crippen molar-refractivity contribution in [3.63, 3.8) is 0 Å². The number of fused-ring (bicyclic) bond motifs is 1. The van der Waals surface area contributed by atoms with E-state index in [0.29, 0.717) is 5.92 Å². The highest BCUT2D eigenvalue weighted by Gasteiger charge is 2.09. The highest BCUT2D eigenvalue weighted by Crippen LogP contribution is 2.24. The Hall–Kier alpha value is -1.57. The molecule has 2 nitrogen and oxygen atoms in total. The van der Waals surface area contributed by atoms with Crippen LogP contribution in [-0.2, 0) is 0 Å². The van der Waals surface area contributed by atoms with Gasteiger partial charge < -0.3 is 4.98 Å². The fourth-order valence-electron chi connectivity index (χ4n) is 1.79. The molecular formula is C13H15NO. The normalized spacial score (nSPS) is 11.2. The van der Waals surface area contributed by atoms with E-state index in [2.05, 4.69) is 24.9 Å². The van der Waals surface area contributed by atoms with E-state index >= 15 is 0 Å². The number of hydrogen-bond donors (Lipinski definition) is 1. The van der Waals surface area contributed by atoms with Gasteiger partial charge in [-0.1, -0.05) is 26.0 Å². The van der Waals surface area contributed by atoms with Crippen LogP contribution in [0.1, 0.15) is 42.7 Å². The maximum atomic E-state index is 11.4. The summed E-state index contributed by atoms with van der Waals surface area (Å²) in [5, 5.41) is 1.04. The molecule has 0 aliphatic carbocycles. The van der Waals surface area contributed by atoms with Crippen LogP contribution in [0.15, 0.2) is 24.3 Å². The molecule has 0 amide bonds. The van der Waals surface area contributed by atoms with Crippen molar-refractivity contribution in [3.8, 4) is 0 Å². The Morgan fingerprint density at radius 2 is 2.07 bits per heavy atom. The van der Waals surface area contributed by atoms with Crippen molar-refractivity contribution in [2.75, 3.05) is 0 Å². The summed E-state index contributed by atoms with van der Waals surface area (Å²) >= 11 is 0. The Bertz CT molecular complexity index is 508. The molecule has 1 N–H and O–H groups in total. The number of aromatic amines is 1. The SMILES string of the molecule is CC(=O)c1cccc2[nH]c(C(C)C)cc12. The second-order valence-corrected chi connectivity index (χ2v) is 4.20. The zero-order chi connectivity index (χ0) is 11.0. The molecule has 1 aromatic heterocycles. The molecule has 0 radical (unpaired) electrons.